The Hall–Kier alpha value is -2.70. The maximum atomic E-state index is 11.2. The second-order valence-corrected chi connectivity index (χ2v) is 6.46. The first-order valence-corrected chi connectivity index (χ1v) is 8.74. The van der Waals surface area contributed by atoms with Crippen molar-refractivity contribution in [2.75, 3.05) is 32.7 Å². The molecular formula is C20H23N3O3. The number of rotatable bonds is 6. The third-order valence-corrected chi connectivity index (χ3v) is 4.59. The van der Waals surface area contributed by atoms with Gasteiger partial charge in [-0.25, -0.2) is 0 Å². The second kappa shape index (κ2) is 8.60. The Labute approximate surface area is 153 Å². The Kier molecular flexibility index (Phi) is 5.99. The Bertz CT molecular complexity index is 769. The Balaban J connectivity index is 1.51. The van der Waals surface area contributed by atoms with E-state index in [0.29, 0.717) is 12.1 Å². The monoisotopic (exact) mass is 353 g/mol. The molecule has 1 N–H and O–H groups in total. The predicted octanol–water partition coefficient (Wildman–Crippen LogP) is 3.13. The molecule has 1 aliphatic heterocycles. The third-order valence-electron chi connectivity index (χ3n) is 4.59. The van der Waals surface area contributed by atoms with Crippen molar-refractivity contribution >= 4 is 11.8 Å². The molecule has 0 saturated carbocycles. The van der Waals surface area contributed by atoms with Crippen LogP contribution in [0, 0.1) is 10.1 Å². The Morgan fingerprint density at radius 1 is 1.04 bits per heavy atom. The number of nitrogens with zero attached hydrogens (tertiary/aromatic N) is 3. The molecule has 136 valence electrons. The van der Waals surface area contributed by atoms with Gasteiger partial charge in [-0.05, 0) is 17.7 Å². The van der Waals surface area contributed by atoms with E-state index in [1.54, 1.807) is 0 Å². The highest BCUT2D eigenvalue weighted by atomic mass is 16.6. The zero-order valence-electron chi connectivity index (χ0n) is 14.6. The van der Waals surface area contributed by atoms with Gasteiger partial charge in [-0.15, -0.1) is 0 Å². The fraction of sp³-hybridized carbons (Fsp3) is 0.300. The lowest BCUT2D eigenvalue weighted by molar-refractivity contribution is -0.385. The minimum Gasteiger partial charge on any atom is -0.508 e. The van der Waals surface area contributed by atoms with E-state index in [4.69, 9.17) is 0 Å². The molecule has 6 heteroatoms. The molecule has 1 heterocycles. The molecule has 0 aromatic heterocycles. The van der Waals surface area contributed by atoms with Gasteiger partial charge in [-0.2, -0.15) is 0 Å². The molecule has 0 radical (unpaired) electrons. The number of aromatic hydroxyl groups is 1. The van der Waals surface area contributed by atoms with Crippen LogP contribution in [0.3, 0.4) is 0 Å². The first-order valence-electron chi connectivity index (χ1n) is 8.74. The molecule has 1 fully saturated rings. The van der Waals surface area contributed by atoms with Crippen LogP contribution in [0.15, 0.2) is 54.6 Å². The lowest BCUT2D eigenvalue weighted by Gasteiger charge is -2.34. The lowest BCUT2D eigenvalue weighted by Crippen LogP contribution is -2.45. The molecule has 0 amide bonds. The summed E-state index contributed by atoms with van der Waals surface area (Å²) in [5.41, 5.74) is 1.82. The number of hydrogen-bond donors (Lipinski definition) is 1. The van der Waals surface area contributed by atoms with Gasteiger partial charge in [0.25, 0.3) is 5.69 Å². The van der Waals surface area contributed by atoms with Crippen molar-refractivity contribution in [3.8, 4) is 5.75 Å². The fourth-order valence-electron chi connectivity index (χ4n) is 3.15. The van der Waals surface area contributed by atoms with Crippen LogP contribution in [0.4, 0.5) is 5.69 Å². The number of phenols is 1. The van der Waals surface area contributed by atoms with Crippen LogP contribution < -0.4 is 0 Å². The van der Waals surface area contributed by atoms with Gasteiger partial charge in [0.05, 0.1) is 4.92 Å². The standard InChI is InChI=1S/C20H23N3O3/c24-19-8-9-20(23(25)26)18(15-19)16-22-13-11-21(12-14-22)10-4-7-17-5-2-1-3-6-17/h1-9,15,24H,10-14,16H2. The molecule has 0 unspecified atom stereocenters. The van der Waals surface area contributed by atoms with Crippen molar-refractivity contribution in [2.24, 2.45) is 0 Å². The maximum absolute atomic E-state index is 11.2. The van der Waals surface area contributed by atoms with Crippen molar-refractivity contribution in [2.45, 2.75) is 6.54 Å². The average Bonchev–Trinajstić information content (AvgIpc) is 2.64. The number of piperazine rings is 1. The van der Waals surface area contributed by atoms with Crippen molar-refractivity contribution < 1.29 is 10.0 Å². The van der Waals surface area contributed by atoms with Gasteiger partial charge in [-0.1, -0.05) is 42.5 Å². The molecule has 3 rings (SSSR count). The summed E-state index contributed by atoms with van der Waals surface area (Å²) in [7, 11) is 0. The quantitative estimate of drug-likeness (QED) is 0.638. The largest absolute Gasteiger partial charge is 0.508 e. The Morgan fingerprint density at radius 2 is 1.73 bits per heavy atom. The zero-order valence-corrected chi connectivity index (χ0v) is 14.6. The van der Waals surface area contributed by atoms with E-state index >= 15 is 0 Å². The molecule has 6 nitrogen and oxygen atoms in total. The summed E-state index contributed by atoms with van der Waals surface area (Å²) in [6.45, 7) is 4.93. The molecule has 0 spiro atoms. The average molecular weight is 353 g/mol. The topological polar surface area (TPSA) is 69.8 Å². The van der Waals surface area contributed by atoms with Crippen molar-refractivity contribution in [3.05, 3.63) is 75.8 Å². The number of benzene rings is 2. The van der Waals surface area contributed by atoms with Gasteiger partial charge in [0.15, 0.2) is 0 Å². The van der Waals surface area contributed by atoms with E-state index in [1.165, 1.54) is 23.8 Å². The van der Waals surface area contributed by atoms with E-state index in [1.807, 2.05) is 18.2 Å². The highest BCUT2D eigenvalue weighted by Gasteiger charge is 2.20. The highest BCUT2D eigenvalue weighted by Crippen LogP contribution is 2.25. The van der Waals surface area contributed by atoms with Crippen LogP contribution in [0.2, 0.25) is 0 Å². The van der Waals surface area contributed by atoms with E-state index in [9.17, 15) is 15.2 Å². The Morgan fingerprint density at radius 3 is 2.42 bits per heavy atom. The van der Waals surface area contributed by atoms with Crippen LogP contribution in [0.25, 0.3) is 6.08 Å². The summed E-state index contributed by atoms with van der Waals surface area (Å²) in [5.74, 6) is 0.0651. The van der Waals surface area contributed by atoms with E-state index in [-0.39, 0.29) is 16.4 Å². The van der Waals surface area contributed by atoms with Crippen molar-refractivity contribution in [3.63, 3.8) is 0 Å². The first kappa shape index (κ1) is 18.1. The smallest absolute Gasteiger partial charge is 0.274 e. The number of phenolic OH excluding ortho intramolecular Hbond substituents is 1. The number of nitro groups is 1. The minimum absolute atomic E-state index is 0.0651. The van der Waals surface area contributed by atoms with E-state index in [2.05, 4.69) is 34.1 Å². The summed E-state index contributed by atoms with van der Waals surface area (Å²) in [6.07, 6.45) is 4.30. The molecule has 0 bridgehead atoms. The predicted molar refractivity (Wildman–Crippen MR) is 102 cm³/mol. The summed E-state index contributed by atoms with van der Waals surface area (Å²) in [5, 5.41) is 20.8. The fourth-order valence-corrected chi connectivity index (χ4v) is 3.15. The molecule has 2 aromatic carbocycles. The van der Waals surface area contributed by atoms with E-state index in [0.717, 1.165) is 32.7 Å². The molecule has 1 saturated heterocycles. The highest BCUT2D eigenvalue weighted by molar-refractivity contribution is 5.48. The van der Waals surface area contributed by atoms with Gasteiger partial charge in [0.2, 0.25) is 0 Å². The zero-order chi connectivity index (χ0) is 18.4. The number of nitro benzene ring substituents is 1. The summed E-state index contributed by atoms with van der Waals surface area (Å²) >= 11 is 0. The summed E-state index contributed by atoms with van der Waals surface area (Å²) < 4.78 is 0. The van der Waals surface area contributed by atoms with Crippen molar-refractivity contribution in [1.29, 1.82) is 0 Å². The van der Waals surface area contributed by atoms with Gasteiger partial charge >= 0.3 is 0 Å². The molecule has 2 aromatic rings. The summed E-state index contributed by atoms with van der Waals surface area (Å²) in [4.78, 5) is 15.3. The van der Waals surface area contributed by atoms with Gasteiger partial charge in [0, 0.05) is 50.9 Å². The third kappa shape index (κ3) is 4.91. The second-order valence-electron chi connectivity index (χ2n) is 6.46. The first-order chi connectivity index (χ1) is 12.6. The molecule has 26 heavy (non-hydrogen) atoms. The van der Waals surface area contributed by atoms with Crippen LogP contribution in [-0.2, 0) is 6.54 Å². The molecule has 0 aliphatic carbocycles. The normalized spacial score (nSPS) is 16.2. The van der Waals surface area contributed by atoms with Crippen LogP contribution >= 0.6 is 0 Å². The minimum atomic E-state index is -0.389. The maximum Gasteiger partial charge on any atom is 0.274 e. The number of hydrogen-bond acceptors (Lipinski definition) is 5. The van der Waals surface area contributed by atoms with E-state index < -0.39 is 0 Å². The molecule has 0 atom stereocenters. The van der Waals surface area contributed by atoms with Gasteiger partial charge in [0.1, 0.15) is 5.75 Å². The van der Waals surface area contributed by atoms with Crippen LogP contribution in [0.1, 0.15) is 11.1 Å². The van der Waals surface area contributed by atoms with Crippen LogP contribution in [-0.4, -0.2) is 52.6 Å². The SMILES string of the molecule is O=[N+]([O-])c1ccc(O)cc1CN1CCN(CC=Cc2ccccc2)CC1. The lowest BCUT2D eigenvalue weighted by atomic mass is 10.1. The van der Waals surface area contributed by atoms with Crippen LogP contribution in [0.5, 0.6) is 5.75 Å². The molecule has 1 aliphatic rings. The van der Waals surface area contributed by atoms with Crippen molar-refractivity contribution in [1.82, 2.24) is 9.80 Å². The molecular weight excluding hydrogens is 330 g/mol. The van der Waals surface area contributed by atoms with Gasteiger partial charge < -0.3 is 5.11 Å². The summed E-state index contributed by atoms with van der Waals surface area (Å²) in [6, 6.07) is 14.4. The van der Waals surface area contributed by atoms with Gasteiger partial charge in [-0.3, -0.25) is 19.9 Å².